The predicted octanol–water partition coefficient (Wildman–Crippen LogP) is 4.35. The van der Waals surface area contributed by atoms with Crippen LogP contribution in [0.2, 0.25) is 5.02 Å². The number of likely N-dealkylation sites (N-methyl/N-ethyl adjacent to an activating group) is 1. The molecule has 1 N–H and O–H groups in total. The first-order valence-corrected chi connectivity index (χ1v) is 12.0. The number of amides is 1. The molecule has 0 aliphatic rings. The minimum Gasteiger partial charge on any atom is -0.468 e. The fourth-order valence-electron chi connectivity index (χ4n) is 3.32. The molecular weight excluding hydrogens is 462 g/mol. The van der Waals surface area contributed by atoms with Gasteiger partial charge in [-0.15, -0.1) is 6.58 Å². The molecule has 0 saturated heterocycles. The number of furan rings is 1. The third-order valence-electron chi connectivity index (χ3n) is 5.05. The molecule has 1 unspecified atom stereocenters. The van der Waals surface area contributed by atoms with Gasteiger partial charge in [-0.3, -0.25) is 14.0 Å². The van der Waals surface area contributed by atoms with Crippen LogP contribution >= 0.6 is 11.6 Å². The van der Waals surface area contributed by atoms with E-state index in [1.165, 1.54) is 28.6 Å². The number of hydrogen-bond acceptors (Lipinski definition) is 5. The predicted molar refractivity (Wildman–Crippen MR) is 130 cm³/mol. The van der Waals surface area contributed by atoms with Crippen LogP contribution in [0.1, 0.15) is 22.2 Å². The van der Waals surface area contributed by atoms with Crippen LogP contribution in [0.3, 0.4) is 0 Å². The second-order valence-corrected chi connectivity index (χ2v) is 9.75. The Labute approximate surface area is 199 Å². The van der Waals surface area contributed by atoms with E-state index in [9.17, 15) is 13.2 Å². The van der Waals surface area contributed by atoms with Gasteiger partial charge in [-0.25, -0.2) is 8.42 Å². The number of nitrogens with one attached hydrogen (secondary N) is 1. The molecule has 0 saturated carbocycles. The molecule has 174 valence electrons. The molecular formula is C24H26ClN3O4S. The summed E-state index contributed by atoms with van der Waals surface area (Å²) in [5.74, 6) is 0.291. The summed E-state index contributed by atoms with van der Waals surface area (Å²) in [7, 11) is -0.298. The number of halogens is 1. The number of sulfonamides is 1. The van der Waals surface area contributed by atoms with Crippen molar-refractivity contribution >= 4 is 33.2 Å². The van der Waals surface area contributed by atoms with E-state index in [0.29, 0.717) is 11.4 Å². The Kier molecular flexibility index (Phi) is 7.97. The Morgan fingerprint density at radius 1 is 1.15 bits per heavy atom. The normalized spacial score (nSPS) is 12.4. The van der Waals surface area contributed by atoms with Crippen LogP contribution in [-0.4, -0.2) is 46.4 Å². The lowest BCUT2D eigenvalue weighted by atomic mass is 10.1. The standard InChI is InChI=1S/C24H26ClN3O4S/c1-4-14-28(19-9-6-5-7-10-19)33(30,31)23-16-18(12-13-20(23)25)24(29)26-17-21(27(2)3)22-11-8-15-32-22/h4-13,15-16,21H,1,14,17H2,2-3H3,(H,26,29). The van der Waals surface area contributed by atoms with Gasteiger partial charge in [0, 0.05) is 12.1 Å². The van der Waals surface area contributed by atoms with Crippen molar-refractivity contribution in [2.45, 2.75) is 10.9 Å². The summed E-state index contributed by atoms with van der Waals surface area (Å²) < 4.78 is 33.6. The quantitative estimate of drug-likeness (QED) is 0.430. The topological polar surface area (TPSA) is 82.9 Å². The molecule has 0 spiro atoms. The summed E-state index contributed by atoms with van der Waals surface area (Å²) in [6.45, 7) is 3.99. The Morgan fingerprint density at radius 3 is 2.48 bits per heavy atom. The highest BCUT2D eigenvalue weighted by Crippen LogP contribution is 2.29. The SMILES string of the molecule is C=CCN(c1ccccc1)S(=O)(=O)c1cc(C(=O)NCC(c2ccco2)N(C)C)ccc1Cl. The Hall–Kier alpha value is -3.07. The molecule has 0 radical (unpaired) electrons. The number of anilines is 1. The molecule has 7 nitrogen and oxygen atoms in total. The minimum absolute atomic E-state index is 0.0262. The average molecular weight is 488 g/mol. The van der Waals surface area contributed by atoms with Gasteiger partial charge in [0.25, 0.3) is 15.9 Å². The van der Waals surface area contributed by atoms with Gasteiger partial charge in [-0.2, -0.15) is 0 Å². The van der Waals surface area contributed by atoms with Gasteiger partial charge in [-0.1, -0.05) is 35.9 Å². The van der Waals surface area contributed by atoms with Gasteiger partial charge in [-0.05, 0) is 56.6 Å². The maximum atomic E-state index is 13.5. The van der Waals surface area contributed by atoms with E-state index in [4.69, 9.17) is 16.0 Å². The van der Waals surface area contributed by atoms with E-state index in [0.717, 1.165) is 0 Å². The van der Waals surface area contributed by atoms with Crippen molar-refractivity contribution in [2.24, 2.45) is 0 Å². The van der Waals surface area contributed by atoms with Crippen molar-refractivity contribution < 1.29 is 17.6 Å². The molecule has 0 aliphatic heterocycles. The van der Waals surface area contributed by atoms with Gasteiger partial charge in [0.1, 0.15) is 10.7 Å². The Bertz CT molecular complexity index is 1200. The fraction of sp³-hybridized carbons (Fsp3) is 0.208. The van der Waals surface area contributed by atoms with E-state index < -0.39 is 15.9 Å². The number of carbonyl (C=O) groups is 1. The van der Waals surface area contributed by atoms with Crippen LogP contribution < -0.4 is 9.62 Å². The highest BCUT2D eigenvalue weighted by Gasteiger charge is 2.28. The minimum atomic E-state index is -4.06. The highest BCUT2D eigenvalue weighted by molar-refractivity contribution is 7.93. The highest BCUT2D eigenvalue weighted by atomic mass is 35.5. The van der Waals surface area contributed by atoms with Crippen molar-refractivity contribution in [1.29, 1.82) is 0 Å². The van der Waals surface area contributed by atoms with Crippen LogP contribution in [0.5, 0.6) is 0 Å². The lowest BCUT2D eigenvalue weighted by Crippen LogP contribution is -2.35. The number of para-hydroxylation sites is 1. The van der Waals surface area contributed by atoms with Crippen molar-refractivity contribution in [3.63, 3.8) is 0 Å². The monoisotopic (exact) mass is 487 g/mol. The number of nitrogens with zero attached hydrogens (tertiary/aromatic N) is 2. The first-order valence-electron chi connectivity index (χ1n) is 10.2. The zero-order valence-electron chi connectivity index (χ0n) is 18.4. The average Bonchev–Trinajstić information content (AvgIpc) is 3.32. The van der Waals surface area contributed by atoms with Gasteiger partial charge >= 0.3 is 0 Å². The lowest BCUT2D eigenvalue weighted by molar-refractivity contribution is 0.0939. The Balaban J connectivity index is 1.87. The maximum Gasteiger partial charge on any atom is 0.266 e. The zero-order chi connectivity index (χ0) is 24.0. The summed E-state index contributed by atoms with van der Waals surface area (Å²) in [6, 6.07) is 16.3. The van der Waals surface area contributed by atoms with Gasteiger partial charge < -0.3 is 9.73 Å². The smallest absolute Gasteiger partial charge is 0.266 e. The van der Waals surface area contributed by atoms with E-state index in [1.54, 1.807) is 42.7 Å². The first kappa shape index (κ1) is 24.6. The molecule has 1 heterocycles. The number of benzene rings is 2. The molecule has 9 heteroatoms. The van der Waals surface area contributed by atoms with Crippen LogP contribution in [0.15, 0.2) is 88.9 Å². The van der Waals surface area contributed by atoms with Crippen LogP contribution in [0, 0.1) is 0 Å². The van der Waals surface area contributed by atoms with Crippen LogP contribution in [-0.2, 0) is 10.0 Å². The first-order chi connectivity index (χ1) is 15.8. The summed E-state index contributed by atoms with van der Waals surface area (Å²) >= 11 is 6.27. The molecule has 3 aromatic rings. The van der Waals surface area contributed by atoms with Crippen molar-refractivity contribution in [1.82, 2.24) is 10.2 Å². The molecule has 33 heavy (non-hydrogen) atoms. The molecule has 1 aromatic heterocycles. The zero-order valence-corrected chi connectivity index (χ0v) is 20.0. The number of carbonyl (C=O) groups excluding carboxylic acids is 1. The van der Waals surface area contributed by atoms with Crippen molar-refractivity contribution in [2.75, 3.05) is 31.5 Å². The number of rotatable bonds is 10. The second-order valence-electron chi connectivity index (χ2n) is 7.51. The van der Waals surface area contributed by atoms with Crippen molar-refractivity contribution in [3.05, 3.63) is 95.9 Å². The summed E-state index contributed by atoms with van der Waals surface area (Å²) in [4.78, 5) is 14.6. The molecule has 1 amide bonds. The van der Waals surface area contributed by atoms with Crippen LogP contribution in [0.4, 0.5) is 5.69 Å². The van der Waals surface area contributed by atoms with Crippen LogP contribution in [0.25, 0.3) is 0 Å². The van der Waals surface area contributed by atoms with Gasteiger partial charge in [0.2, 0.25) is 0 Å². The van der Waals surface area contributed by atoms with Gasteiger partial charge in [0.15, 0.2) is 0 Å². The Morgan fingerprint density at radius 2 is 1.88 bits per heavy atom. The van der Waals surface area contributed by atoms with E-state index in [2.05, 4.69) is 11.9 Å². The third kappa shape index (κ3) is 5.65. The van der Waals surface area contributed by atoms with Gasteiger partial charge in [0.05, 0.1) is 29.6 Å². The molecule has 0 bridgehead atoms. The van der Waals surface area contributed by atoms with Crippen molar-refractivity contribution in [3.8, 4) is 0 Å². The summed E-state index contributed by atoms with van der Waals surface area (Å²) in [5.41, 5.74) is 0.650. The maximum absolute atomic E-state index is 13.5. The summed E-state index contributed by atoms with van der Waals surface area (Å²) in [6.07, 6.45) is 3.07. The molecule has 0 fully saturated rings. The fourth-order valence-corrected chi connectivity index (χ4v) is 5.26. The third-order valence-corrected chi connectivity index (χ3v) is 7.33. The van der Waals surface area contributed by atoms with E-state index in [-0.39, 0.29) is 34.6 Å². The largest absolute Gasteiger partial charge is 0.468 e. The molecule has 3 rings (SSSR count). The van der Waals surface area contributed by atoms with E-state index >= 15 is 0 Å². The second kappa shape index (κ2) is 10.7. The number of hydrogen-bond donors (Lipinski definition) is 1. The summed E-state index contributed by atoms with van der Waals surface area (Å²) in [5, 5.41) is 2.87. The molecule has 2 aromatic carbocycles. The lowest BCUT2D eigenvalue weighted by Gasteiger charge is -2.24. The molecule has 0 aliphatic carbocycles. The van der Waals surface area contributed by atoms with E-state index in [1.807, 2.05) is 25.1 Å². The molecule has 1 atom stereocenters.